The Hall–Kier alpha value is -2.02. The number of carbonyl (C=O) groups excluding carboxylic acids is 1. The summed E-state index contributed by atoms with van der Waals surface area (Å²) in [5.41, 5.74) is 1.25. The lowest BCUT2D eigenvalue weighted by atomic mass is 9.88. The van der Waals surface area contributed by atoms with E-state index in [-0.39, 0.29) is 11.5 Å². The van der Waals surface area contributed by atoms with Crippen LogP contribution < -0.4 is 0 Å². The summed E-state index contributed by atoms with van der Waals surface area (Å²) in [6.07, 6.45) is 1.03. The van der Waals surface area contributed by atoms with Gasteiger partial charge in [-0.25, -0.2) is 4.98 Å². The molecule has 27 heavy (non-hydrogen) atoms. The fraction of sp³-hybridized carbons (Fsp3) is 0.524. The average molecular weight is 366 g/mol. The lowest BCUT2D eigenvalue weighted by molar-refractivity contribution is -0.0952. The molecule has 6 nitrogen and oxygen atoms in total. The highest BCUT2D eigenvalue weighted by Gasteiger charge is 2.52. The molecule has 142 valence electrons. The van der Waals surface area contributed by atoms with E-state index in [4.69, 9.17) is 4.74 Å². The second-order valence-electron chi connectivity index (χ2n) is 8.24. The number of hydrogen-bond donors (Lipinski definition) is 0. The van der Waals surface area contributed by atoms with Crippen molar-refractivity contribution in [2.75, 3.05) is 52.9 Å². The second-order valence-corrected chi connectivity index (χ2v) is 8.24. The zero-order valence-electron chi connectivity index (χ0n) is 15.8. The number of hydrogen-bond acceptors (Lipinski definition) is 5. The third-order valence-corrected chi connectivity index (χ3v) is 6.31. The van der Waals surface area contributed by atoms with Gasteiger partial charge >= 0.3 is 0 Å². The molecule has 4 heterocycles. The normalized spacial score (nSPS) is 25.8. The summed E-state index contributed by atoms with van der Waals surface area (Å²) in [6.45, 7) is 6.65. The largest absolute Gasteiger partial charge is 0.370 e. The maximum absolute atomic E-state index is 12.8. The average Bonchev–Trinajstić information content (AvgIpc) is 3.12. The zero-order chi connectivity index (χ0) is 18.4. The number of pyridine rings is 1. The smallest absolute Gasteiger partial charge is 0.272 e. The van der Waals surface area contributed by atoms with Crippen LogP contribution in [0.15, 0.2) is 36.4 Å². The fourth-order valence-electron chi connectivity index (χ4n) is 4.60. The number of nitrogens with zero attached hydrogens (tertiary/aromatic N) is 4. The van der Waals surface area contributed by atoms with E-state index in [1.165, 1.54) is 0 Å². The van der Waals surface area contributed by atoms with Crippen LogP contribution in [0.4, 0.5) is 0 Å². The van der Waals surface area contributed by atoms with Gasteiger partial charge < -0.3 is 14.5 Å². The number of likely N-dealkylation sites (N-methyl/N-ethyl adjacent to an activating group) is 1. The van der Waals surface area contributed by atoms with Crippen LogP contribution in [-0.4, -0.2) is 90.2 Å². The topological polar surface area (TPSA) is 48.9 Å². The van der Waals surface area contributed by atoms with Crippen LogP contribution in [0.3, 0.4) is 0 Å². The second kappa shape index (κ2) is 6.55. The van der Waals surface area contributed by atoms with Crippen LogP contribution >= 0.6 is 0 Å². The number of likely N-dealkylation sites (tertiary alicyclic amines) is 1. The van der Waals surface area contributed by atoms with Crippen LogP contribution in [0.1, 0.15) is 16.9 Å². The summed E-state index contributed by atoms with van der Waals surface area (Å²) in [5.74, 6) is 0.0121. The van der Waals surface area contributed by atoms with E-state index in [1.807, 2.05) is 41.3 Å². The van der Waals surface area contributed by atoms with E-state index in [2.05, 4.69) is 21.8 Å². The molecule has 1 unspecified atom stereocenters. The number of fused-ring (bicyclic) bond motifs is 1. The Bertz CT molecular complexity index is 856. The van der Waals surface area contributed by atoms with Gasteiger partial charge in [-0.2, -0.15) is 0 Å². The molecule has 0 radical (unpaired) electrons. The van der Waals surface area contributed by atoms with Crippen molar-refractivity contribution in [1.82, 2.24) is 19.7 Å². The molecule has 5 rings (SSSR count). The van der Waals surface area contributed by atoms with Crippen LogP contribution in [-0.2, 0) is 4.74 Å². The minimum absolute atomic E-state index is 0.0121. The summed E-state index contributed by atoms with van der Waals surface area (Å²) in [7, 11) is 2.18. The van der Waals surface area contributed by atoms with E-state index >= 15 is 0 Å². The third-order valence-electron chi connectivity index (χ3n) is 6.31. The summed E-state index contributed by atoms with van der Waals surface area (Å²) in [6, 6.07) is 12.2. The molecule has 3 fully saturated rings. The van der Waals surface area contributed by atoms with Gasteiger partial charge in [-0.15, -0.1) is 0 Å². The molecule has 3 aliphatic rings. The number of carbonyl (C=O) groups is 1. The fourth-order valence-corrected chi connectivity index (χ4v) is 4.60. The minimum Gasteiger partial charge on any atom is -0.370 e. The minimum atomic E-state index is -0.138. The van der Waals surface area contributed by atoms with Gasteiger partial charge in [0.1, 0.15) is 11.3 Å². The molecule has 1 amide bonds. The van der Waals surface area contributed by atoms with Gasteiger partial charge in [0.2, 0.25) is 0 Å². The van der Waals surface area contributed by atoms with Crippen LogP contribution in [0.2, 0.25) is 0 Å². The Balaban J connectivity index is 1.21. The van der Waals surface area contributed by atoms with E-state index in [9.17, 15) is 4.79 Å². The monoisotopic (exact) mass is 366 g/mol. The molecule has 1 atom stereocenters. The molecular weight excluding hydrogens is 340 g/mol. The van der Waals surface area contributed by atoms with E-state index in [0.717, 1.165) is 50.1 Å². The van der Waals surface area contributed by atoms with Crippen molar-refractivity contribution in [1.29, 1.82) is 0 Å². The molecule has 2 aromatic rings. The number of aromatic nitrogens is 1. The first-order valence-corrected chi connectivity index (χ1v) is 9.84. The Morgan fingerprint density at radius 2 is 1.89 bits per heavy atom. The summed E-state index contributed by atoms with van der Waals surface area (Å²) in [4.78, 5) is 24.2. The maximum Gasteiger partial charge on any atom is 0.272 e. The molecule has 0 saturated carbocycles. The predicted octanol–water partition coefficient (Wildman–Crippen LogP) is 1.47. The Labute approximate surface area is 159 Å². The number of ether oxygens (including phenoxy) is 1. The first-order chi connectivity index (χ1) is 13.1. The molecule has 6 heteroatoms. The number of benzene rings is 1. The van der Waals surface area contributed by atoms with Crippen molar-refractivity contribution in [3.8, 4) is 0 Å². The van der Waals surface area contributed by atoms with Crippen molar-refractivity contribution in [3.63, 3.8) is 0 Å². The van der Waals surface area contributed by atoms with Crippen molar-refractivity contribution >= 4 is 16.8 Å². The molecule has 0 aliphatic carbocycles. The van der Waals surface area contributed by atoms with E-state index < -0.39 is 0 Å². The van der Waals surface area contributed by atoms with Gasteiger partial charge in [-0.1, -0.05) is 24.3 Å². The predicted molar refractivity (Wildman–Crippen MR) is 104 cm³/mol. The van der Waals surface area contributed by atoms with Crippen LogP contribution in [0.5, 0.6) is 0 Å². The Morgan fingerprint density at radius 3 is 2.70 bits per heavy atom. The summed E-state index contributed by atoms with van der Waals surface area (Å²) < 4.78 is 6.19. The molecular formula is C21H26N4O2. The van der Waals surface area contributed by atoms with E-state index in [0.29, 0.717) is 24.8 Å². The van der Waals surface area contributed by atoms with Gasteiger partial charge in [0.05, 0.1) is 25.2 Å². The van der Waals surface area contributed by atoms with Gasteiger partial charge in [0.15, 0.2) is 0 Å². The SMILES string of the molecule is CN1CCN(C2COC3(C2)CN(C(=O)c2ccc4ccccc4n2)C3)CC1. The maximum atomic E-state index is 12.8. The Morgan fingerprint density at radius 1 is 1.11 bits per heavy atom. The standard InChI is InChI=1S/C21H26N4O2/c1-23-8-10-24(11-9-23)17-12-21(27-13-17)14-25(15-21)20(26)19-7-6-16-4-2-3-5-18(16)22-19/h2-7,17H,8-15H2,1H3. The van der Waals surface area contributed by atoms with Crippen LogP contribution in [0.25, 0.3) is 10.9 Å². The first kappa shape index (κ1) is 17.1. The van der Waals surface area contributed by atoms with Gasteiger partial charge in [-0.3, -0.25) is 9.69 Å². The summed E-state index contributed by atoms with van der Waals surface area (Å²) >= 11 is 0. The van der Waals surface area contributed by atoms with Crippen molar-refractivity contribution in [2.24, 2.45) is 0 Å². The van der Waals surface area contributed by atoms with Gasteiger partial charge in [0, 0.05) is 37.6 Å². The summed E-state index contributed by atoms with van der Waals surface area (Å²) in [5, 5.41) is 1.06. The van der Waals surface area contributed by atoms with E-state index in [1.54, 1.807) is 0 Å². The Kier molecular flexibility index (Phi) is 4.15. The molecule has 3 aliphatic heterocycles. The highest BCUT2D eigenvalue weighted by Crippen LogP contribution is 2.37. The number of amides is 1. The molecule has 0 N–H and O–H groups in total. The lowest BCUT2D eigenvalue weighted by Gasteiger charge is -2.47. The molecule has 1 spiro atoms. The van der Waals surface area contributed by atoms with Crippen molar-refractivity contribution in [2.45, 2.75) is 18.1 Å². The number of piperazine rings is 1. The molecule has 3 saturated heterocycles. The zero-order valence-corrected chi connectivity index (χ0v) is 15.8. The third kappa shape index (κ3) is 3.12. The van der Waals surface area contributed by atoms with Gasteiger partial charge in [-0.05, 0) is 25.6 Å². The first-order valence-electron chi connectivity index (χ1n) is 9.84. The van der Waals surface area contributed by atoms with Crippen LogP contribution in [0, 0.1) is 0 Å². The highest BCUT2D eigenvalue weighted by molar-refractivity contribution is 5.95. The number of para-hydroxylation sites is 1. The highest BCUT2D eigenvalue weighted by atomic mass is 16.5. The lowest BCUT2D eigenvalue weighted by Crippen LogP contribution is -2.63. The molecule has 1 aromatic carbocycles. The molecule has 1 aromatic heterocycles. The van der Waals surface area contributed by atoms with Crippen molar-refractivity contribution in [3.05, 3.63) is 42.1 Å². The van der Waals surface area contributed by atoms with Gasteiger partial charge in [0.25, 0.3) is 5.91 Å². The quantitative estimate of drug-likeness (QED) is 0.806. The van der Waals surface area contributed by atoms with Crippen molar-refractivity contribution < 1.29 is 9.53 Å². The molecule has 0 bridgehead atoms. The number of rotatable bonds is 2.